The predicted octanol–water partition coefficient (Wildman–Crippen LogP) is 1.76. The smallest absolute Gasteiger partial charge is 0.245 e. The van der Waals surface area contributed by atoms with E-state index in [0.29, 0.717) is 28.8 Å². The molecule has 0 saturated carbocycles. The molecular formula is C13H17BrFN3O. The zero-order chi connectivity index (χ0) is 14.2. The van der Waals surface area contributed by atoms with E-state index in [4.69, 9.17) is 5.73 Å². The van der Waals surface area contributed by atoms with Gasteiger partial charge in [0, 0.05) is 19.6 Å². The first-order chi connectivity index (χ1) is 8.89. The Morgan fingerprint density at radius 3 is 2.84 bits per heavy atom. The van der Waals surface area contributed by atoms with Crippen molar-refractivity contribution in [2.75, 3.05) is 18.0 Å². The van der Waals surface area contributed by atoms with Crippen LogP contribution in [0.1, 0.15) is 19.4 Å². The average molecular weight is 330 g/mol. The number of anilines is 1. The van der Waals surface area contributed by atoms with E-state index in [1.165, 1.54) is 0 Å². The van der Waals surface area contributed by atoms with Crippen LogP contribution in [0.3, 0.4) is 0 Å². The lowest BCUT2D eigenvalue weighted by atomic mass is 9.97. The van der Waals surface area contributed by atoms with E-state index < -0.39 is 5.54 Å². The summed E-state index contributed by atoms with van der Waals surface area (Å²) in [5, 5.41) is 2.79. The summed E-state index contributed by atoms with van der Waals surface area (Å²) in [6, 6.07) is 3.47. The van der Waals surface area contributed by atoms with Crippen LogP contribution in [0.15, 0.2) is 16.6 Å². The van der Waals surface area contributed by atoms with E-state index in [1.54, 1.807) is 30.9 Å². The molecule has 1 heterocycles. The van der Waals surface area contributed by atoms with E-state index in [-0.39, 0.29) is 18.3 Å². The van der Waals surface area contributed by atoms with Gasteiger partial charge in [-0.05, 0) is 41.4 Å². The number of carbonyl (C=O) groups excluding carboxylic acids is 1. The van der Waals surface area contributed by atoms with E-state index in [0.717, 1.165) is 0 Å². The standard InChI is InChI=1S/C13H17BrFN3O/c1-13(2)12(19)17-5-6-18(13)9-4-3-8(7-16)10(14)11(9)15/h3-4H,5-7,16H2,1-2H3,(H,17,19). The zero-order valence-electron chi connectivity index (χ0n) is 11.0. The monoisotopic (exact) mass is 329 g/mol. The number of rotatable bonds is 2. The molecule has 1 amide bonds. The summed E-state index contributed by atoms with van der Waals surface area (Å²) in [4.78, 5) is 13.7. The summed E-state index contributed by atoms with van der Waals surface area (Å²) in [5.74, 6) is -0.470. The van der Waals surface area contributed by atoms with Gasteiger partial charge in [-0.25, -0.2) is 4.39 Å². The lowest BCUT2D eigenvalue weighted by Gasteiger charge is -2.43. The first kappa shape index (κ1) is 14.3. The Kier molecular flexibility index (Phi) is 3.82. The van der Waals surface area contributed by atoms with Crippen LogP contribution >= 0.6 is 15.9 Å². The van der Waals surface area contributed by atoms with Crippen molar-refractivity contribution in [1.29, 1.82) is 0 Å². The molecule has 1 aromatic rings. The minimum absolute atomic E-state index is 0.0998. The molecule has 0 spiro atoms. The molecule has 1 aliphatic heterocycles. The largest absolute Gasteiger partial charge is 0.353 e. The zero-order valence-corrected chi connectivity index (χ0v) is 12.6. The minimum atomic E-state index is -0.775. The van der Waals surface area contributed by atoms with Crippen LogP contribution in [0.4, 0.5) is 10.1 Å². The number of halogens is 2. The SMILES string of the molecule is CC1(C)C(=O)NCCN1c1ccc(CN)c(Br)c1F. The number of hydrogen-bond donors (Lipinski definition) is 2. The molecule has 6 heteroatoms. The molecule has 1 aliphatic rings. The molecule has 0 radical (unpaired) electrons. The molecule has 0 unspecified atom stereocenters. The van der Waals surface area contributed by atoms with Crippen molar-refractivity contribution in [2.24, 2.45) is 5.73 Å². The fourth-order valence-electron chi connectivity index (χ4n) is 2.27. The maximum Gasteiger partial charge on any atom is 0.245 e. The lowest BCUT2D eigenvalue weighted by molar-refractivity contribution is -0.126. The maximum atomic E-state index is 14.4. The second kappa shape index (κ2) is 5.09. The molecule has 4 nitrogen and oxygen atoms in total. The molecule has 1 fully saturated rings. The van der Waals surface area contributed by atoms with Gasteiger partial charge < -0.3 is 16.0 Å². The van der Waals surface area contributed by atoms with Crippen molar-refractivity contribution in [3.8, 4) is 0 Å². The minimum Gasteiger partial charge on any atom is -0.353 e. The van der Waals surface area contributed by atoms with Crippen molar-refractivity contribution >= 4 is 27.5 Å². The number of carbonyl (C=O) groups is 1. The molecule has 3 N–H and O–H groups in total. The summed E-state index contributed by atoms with van der Waals surface area (Å²) in [5.41, 5.74) is 5.90. The molecule has 1 saturated heterocycles. The molecule has 0 aromatic heterocycles. The number of amides is 1. The highest BCUT2D eigenvalue weighted by atomic mass is 79.9. The van der Waals surface area contributed by atoms with Gasteiger partial charge in [-0.1, -0.05) is 6.07 Å². The topological polar surface area (TPSA) is 58.4 Å². The number of piperazine rings is 1. The third-order valence-corrected chi connectivity index (χ3v) is 4.36. The second-order valence-corrected chi connectivity index (χ2v) is 5.84. The fourth-order valence-corrected chi connectivity index (χ4v) is 2.76. The highest BCUT2D eigenvalue weighted by Gasteiger charge is 2.39. The third-order valence-electron chi connectivity index (χ3n) is 3.50. The summed E-state index contributed by atoms with van der Waals surface area (Å²) in [6.07, 6.45) is 0. The quantitative estimate of drug-likeness (QED) is 0.869. The Hall–Kier alpha value is -1.14. The molecule has 1 aromatic carbocycles. The van der Waals surface area contributed by atoms with Gasteiger partial charge in [0.25, 0.3) is 0 Å². The first-order valence-electron chi connectivity index (χ1n) is 6.12. The third kappa shape index (κ3) is 2.34. The number of benzene rings is 1. The van der Waals surface area contributed by atoms with Gasteiger partial charge in [0.05, 0.1) is 10.2 Å². The van der Waals surface area contributed by atoms with Gasteiger partial charge in [0.2, 0.25) is 5.91 Å². The Morgan fingerprint density at radius 2 is 2.21 bits per heavy atom. The summed E-state index contributed by atoms with van der Waals surface area (Å²) < 4.78 is 14.8. The normalized spacial score (nSPS) is 18.4. The van der Waals surface area contributed by atoms with E-state index >= 15 is 0 Å². The Labute approximate surface area is 120 Å². The number of nitrogens with one attached hydrogen (secondary N) is 1. The highest BCUT2D eigenvalue weighted by molar-refractivity contribution is 9.10. The van der Waals surface area contributed by atoms with Crippen molar-refractivity contribution in [1.82, 2.24) is 5.32 Å². The Morgan fingerprint density at radius 1 is 1.53 bits per heavy atom. The average Bonchev–Trinajstić information content (AvgIpc) is 2.37. The van der Waals surface area contributed by atoms with Gasteiger partial charge in [0.1, 0.15) is 5.54 Å². The Bertz CT molecular complexity index is 519. The van der Waals surface area contributed by atoms with Crippen molar-refractivity contribution in [3.05, 3.63) is 28.0 Å². The highest BCUT2D eigenvalue weighted by Crippen LogP contribution is 2.33. The number of nitrogens with two attached hydrogens (primary N) is 1. The van der Waals surface area contributed by atoms with Crippen LogP contribution < -0.4 is 16.0 Å². The number of hydrogen-bond acceptors (Lipinski definition) is 3. The molecule has 0 atom stereocenters. The first-order valence-corrected chi connectivity index (χ1v) is 6.91. The van der Waals surface area contributed by atoms with Gasteiger partial charge in [-0.2, -0.15) is 0 Å². The molecule has 2 rings (SSSR count). The van der Waals surface area contributed by atoms with Crippen molar-refractivity contribution in [2.45, 2.75) is 25.9 Å². The summed E-state index contributed by atoms with van der Waals surface area (Å²) in [6.45, 7) is 4.92. The van der Waals surface area contributed by atoms with Gasteiger partial charge in [-0.3, -0.25) is 4.79 Å². The van der Waals surface area contributed by atoms with Crippen LogP contribution in [0, 0.1) is 5.82 Å². The maximum absolute atomic E-state index is 14.4. The second-order valence-electron chi connectivity index (χ2n) is 5.04. The molecule has 0 aliphatic carbocycles. The van der Waals surface area contributed by atoms with Crippen LogP contribution in [0.2, 0.25) is 0 Å². The van der Waals surface area contributed by atoms with E-state index in [1.807, 2.05) is 0 Å². The predicted molar refractivity (Wildman–Crippen MR) is 76.4 cm³/mol. The van der Waals surface area contributed by atoms with Gasteiger partial charge >= 0.3 is 0 Å². The van der Waals surface area contributed by atoms with Gasteiger partial charge in [0.15, 0.2) is 5.82 Å². The van der Waals surface area contributed by atoms with Crippen LogP contribution in [-0.4, -0.2) is 24.5 Å². The lowest BCUT2D eigenvalue weighted by Crippen LogP contribution is -2.62. The number of nitrogens with zero attached hydrogens (tertiary/aromatic N) is 1. The van der Waals surface area contributed by atoms with Crippen molar-refractivity contribution < 1.29 is 9.18 Å². The van der Waals surface area contributed by atoms with Crippen molar-refractivity contribution in [3.63, 3.8) is 0 Å². The van der Waals surface area contributed by atoms with Crippen LogP contribution in [0.5, 0.6) is 0 Å². The summed E-state index contributed by atoms with van der Waals surface area (Å²) >= 11 is 3.23. The van der Waals surface area contributed by atoms with Crippen LogP contribution in [0.25, 0.3) is 0 Å². The van der Waals surface area contributed by atoms with E-state index in [2.05, 4.69) is 21.2 Å². The Balaban J connectivity index is 2.47. The van der Waals surface area contributed by atoms with Gasteiger partial charge in [-0.15, -0.1) is 0 Å². The van der Waals surface area contributed by atoms with Crippen LogP contribution in [-0.2, 0) is 11.3 Å². The molecule has 19 heavy (non-hydrogen) atoms. The summed E-state index contributed by atoms with van der Waals surface area (Å²) in [7, 11) is 0. The van der Waals surface area contributed by atoms with E-state index in [9.17, 15) is 9.18 Å². The molecular weight excluding hydrogens is 313 g/mol. The fraction of sp³-hybridized carbons (Fsp3) is 0.462. The molecule has 104 valence electrons. The molecule has 0 bridgehead atoms.